The second-order valence-electron chi connectivity index (χ2n) is 9.99. The monoisotopic (exact) mass is 501 g/mol. The Balaban J connectivity index is 5.57. The van der Waals surface area contributed by atoms with Crippen molar-refractivity contribution in [2.45, 2.75) is 117 Å². The fraction of sp³-hybridized carbons (Fsp3) is 0.833. The third kappa shape index (κ3) is 13.4. The van der Waals surface area contributed by atoms with Crippen LogP contribution in [-0.4, -0.2) is 65.3 Å². The molecule has 0 bridgehead atoms. The van der Waals surface area contributed by atoms with E-state index in [0.717, 1.165) is 6.42 Å². The molecule has 0 aliphatic carbocycles. The predicted octanol–water partition coefficient (Wildman–Crippen LogP) is 0.279. The molecular weight excluding hydrogens is 454 g/mol. The highest BCUT2D eigenvalue weighted by atomic mass is 16.6. The summed E-state index contributed by atoms with van der Waals surface area (Å²) in [5, 5.41) is 18.8. The van der Waals surface area contributed by atoms with Crippen molar-refractivity contribution in [3.05, 3.63) is 0 Å². The maximum Gasteiger partial charge on any atom is 0.243 e. The van der Waals surface area contributed by atoms with Gasteiger partial charge >= 0.3 is 0 Å². The van der Waals surface area contributed by atoms with Gasteiger partial charge in [0.25, 0.3) is 0 Å². The van der Waals surface area contributed by atoms with Gasteiger partial charge < -0.3 is 37.3 Å². The summed E-state index contributed by atoms with van der Waals surface area (Å²) in [4.78, 5) is 49.1. The topological polar surface area (TPSA) is 186 Å². The van der Waals surface area contributed by atoms with Gasteiger partial charge in [-0.05, 0) is 38.0 Å². The zero-order chi connectivity index (χ0) is 27.3. The normalized spacial score (nSPS) is 16.7. The second-order valence-corrected chi connectivity index (χ2v) is 9.99. The van der Waals surface area contributed by atoms with Crippen molar-refractivity contribution >= 4 is 23.6 Å². The molecule has 0 radical (unpaired) electrons. The SMILES string of the molecule is CCCC[C@H](NC(=O)[C@H](CC(C)C)NC(=O)[C@H](CC(C)C)NC(C)=O)C(O)O[C@H](C)[C@H](N)C(N)=O. The van der Waals surface area contributed by atoms with E-state index in [2.05, 4.69) is 16.0 Å². The first kappa shape index (κ1) is 32.8. The number of hydrogen-bond acceptors (Lipinski definition) is 7. The fourth-order valence-corrected chi connectivity index (χ4v) is 3.55. The Morgan fingerprint density at radius 2 is 1.37 bits per heavy atom. The van der Waals surface area contributed by atoms with E-state index in [-0.39, 0.29) is 17.7 Å². The molecule has 0 fully saturated rings. The maximum absolute atomic E-state index is 13.2. The number of aliphatic hydroxyl groups is 1. The van der Waals surface area contributed by atoms with Gasteiger partial charge in [0.1, 0.15) is 18.1 Å². The smallest absolute Gasteiger partial charge is 0.243 e. The minimum atomic E-state index is -1.44. The van der Waals surface area contributed by atoms with Gasteiger partial charge in [0.15, 0.2) is 6.29 Å². The van der Waals surface area contributed by atoms with Crippen molar-refractivity contribution in [3.8, 4) is 0 Å². The number of hydrogen-bond donors (Lipinski definition) is 6. The largest absolute Gasteiger partial charge is 0.368 e. The predicted molar refractivity (Wildman–Crippen MR) is 134 cm³/mol. The summed E-state index contributed by atoms with van der Waals surface area (Å²) >= 11 is 0. The number of carbonyl (C=O) groups is 4. The van der Waals surface area contributed by atoms with Crippen molar-refractivity contribution in [2.75, 3.05) is 0 Å². The molecule has 35 heavy (non-hydrogen) atoms. The molecule has 6 atom stereocenters. The Morgan fingerprint density at radius 1 is 0.886 bits per heavy atom. The first-order valence-electron chi connectivity index (χ1n) is 12.5. The van der Waals surface area contributed by atoms with E-state index in [1.54, 1.807) is 0 Å². The number of amides is 4. The molecule has 0 rings (SSSR count). The van der Waals surface area contributed by atoms with Gasteiger partial charge in [-0.3, -0.25) is 19.2 Å². The summed E-state index contributed by atoms with van der Waals surface area (Å²) in [6.45, 7) is 12.5. The molecule has 0 spiro atoms. The lowest BCUT2D eigenvalue weighted by Gasteiger charge is -2.30. The molecule has 0 aromatic rings. The Kier molecular flexibility index (Phi) is 15.4. The van der Waals surface area contributed by atoms with Crippen molar-refractivity contribution < 1.29 is 29.0 Å². The highest BCUT2D eigenvalue weighted by Crippen LogP contribution is 2.13. The fourth-order valence-electron chi connectivity index (χ4n) is 3.55. The lowest BCUT2D eigenvalue weighted by molar-refractivity contribution is -0.162. The van der Waals surface area contributed by atoms with E-state index in [0.29, 0.717) is 25.7 Å². The number of nitrogens with one attached hydrogen (secondary N) is 3. The molecule has 11 heteroatoms. The molecule has 0 aliphatic heterocycles. The Morgan fingerprint density at radius 3 is 1.80 bits per heavy atom. The summed E-state index contributed by atoms with van der Waals surface area (Å²) in [5.74, 6) is -1.80. The van der Waals surface area contributed by atoms with Crippen LogP contribution in [0.1, 0.15) is 80.6 Å². The highest BCUT2D eigenvalue weighted by molar-refractivity contribution is 5.91. The summed E-state index contributed by atoms with van der Waals surface area (Å²) in [6.07, 6.45) is 0.388. The van der Waals surface area contributed by atoms with E-state index < -0.39 is 54.3 Å². The second kappa shape index (κ2) is 16.4. The minimum Gasteiger partial charge on any atom is -0.368 e. The van der Waals surface area contributed by atoms with Crippen LogP contribution >= 0.6 is 0 Å². The van der Waals surface area contributed by atoms with Gasteiger partial charge in [0.05, 0.1) is 12.1 Å². The van der Waals surface area contributed by atoms with Crippen molar-refractivity contribution in [3.63, 3.8) is 0 Å². The molecule has 0 aliphatic rings. The molecule has 0 saturated heterocycles. The van der Waals surface area contributed by atoms with Crippen LogP contribution in [0.25, 0.3) is 0 Å². The number of primary amides is 1. The molecule has 1 unspecified atom stereocenters. The molecule has 0 saturated carbocycles. The first-order chi connectivity index (χ1) is 16.2. The van der Waals surface area contributed by atoms with E-state index in [1.807, 2.05) is 34.6 Å². The number of carbonyl (C=O) groups excluding carboxylic acids is 4. The van der Waals surface area contributed by atoms with Crippen LogP contribution in [0.4, 0.5) is 0 Å². The quantitative estimate of drug-likeness (QED) is 0.154. The lowest BCUT2D eigenvalue weighted by atomic mass is 9.99. The average molecular weight is 502 g/mol. The van der Waals surface area contributed by atoms with Crippen molar-refractivity contribution in [1.29, 1.82) is 0 Å². The molecule has 8 N–H and O–H groups in total. The van der Waals surface area contributed by atoms with Gasteiger partial charge in [-0.2, -0.15) is 0 Å². The summed E-state index contributed by atoms with van der Waals surface area (Å²) < 4.78 is 5.48. The number of ether oxygens (including phenoxy) is 1. The van der Waals surface area contributed by atoms with E-state index in [1.165, 1.54) is 13.8 Å². The number of rotatable bonds is 17. The molecular formula is C24H47N5O6. The lowest BCUT2D eigenvalue weighted by Crippen LogP contribution is -2.57. The zero-order valence-corrected chi connectivity index (χ0v) is 22.3. The van der Waals surface area contributed by atoms with Crippen LogP contribution in [0.2, 0.25) is 0 Å². The van der Waals surface area contributed by atoms with Gasteiger partial charge in [-0.25, -0.2) is 0 Å². The number of unbranched alkanes of at least 4 members (excludes halogenated alkanes) is 1. The number of aliphatic hydroxyl groups excluding tert-OH is 1. The average Bonchev–Trinajstić information content (AvgIpc) is 2.73. The molecule has 4 amide bonds. The zero-order valence-electron chi connectivity index (χ0n) is 22.3. The summed E-state index contributed by atoms with van der Waals surface area (Å²) in [5.41, 5.74) is 10.9. The third-order valence-corrected chi connectivity index (χ3v) is 5.47. The Hall–Kier alpha value is -2.24. The maximum atomic E-state index is 13.2. The highest BCUT2D eigenvalue weighted by Gasteiger charge is 2.32. The Bertz CT molecular complexity index is 687. The van der Waals surface area contributed by atoms with E-state index in [4.69, 9.17) is 16.2 Å². The van der Waals surface area contributed by atoms with Crippen LogP contribution in [0.15, 0.2) is 0 Å². The van der Waals surface area contributed by atoms with Crippen LogP contribution in [-0.2, 0) is 23.9 Å². The van der Waals surface area contributed by atoms with Gasteiger partial charge in [0, 0.05) is 6.92 Å². The molecule has 204 valence electrons. The van der Waals surface area contributed by atoms with Crippen LogP contribution < -0.4 is 27.4 Å². The molecule has 0 heterocycles. The molecule has 11 nitrogen and oxygen atoms in total. The first-order valence-corrected chi connectivity index (χ1v) is 12.5. The van der Waals surface area contributed by atoms with Crippen LogP contribution in [0, 0.1) is 11.8 Å². The van der Waals surface area contributed by atoms with E-state index >= 15 is 0 Å². The van der Waals surface area contributed by atoms with Gasteiger partial charge in [0.2, 0.25) is 23.6 Å². The summed E-state index contributed by atoms with van der Waals surface area (Å²) in [6, 6.07) is -3.56. The van der Waals surface area contributed by atoms with Gasteiger partial charge in [-0.1, -0.05) is 47.5 Å². The third-order valence-electron chi connectivity index (χ3n) is 5.47. The summed E-state index contributed by atoms with van der Waals surface area (Å²) in [7, 11) is 0. The number of nitrogens with two attached hydrogens (primary N) is 2. The van der Waals surface area contributed by atoms with E-state index in [9.17, 15) is 24.3 Å². The minimum absolute atomic E-state index is 0.0826. The molecule has 0 aromatic carbocycles. The standard InChI is InChI=1S/C24H47N5O6/c1-8-9-10-17(24(34)35-15(6)20(25)21(26)31)28-23(33)19(12-14(4)5)29-22(32)18(11-13(2)3)27-16(7)30/h13-15,17-20,24,34H,8-12,25H2,1-7H3,(H2,26,31)(H,27,30)(H,28,33)(H,29,32)/t15-,17+,18+,19+,20+,24?/m1/s1. The van der Waals surface area contributed by atoms with Crippen molar-refractivity contribution in [2.24, 2.45) is 23.3 Å². The Labute approximate surface area is 209 Å². The molecule has 0 aromatic heterocycles. The van der Waals surface area contributed by atoms with Gasteiger partial charge in [-0.15, -0.1) is 0 Å². The van der Waals surface area contributed by atoms with Crippen molar-refractivity contribution in [1.82, 2.24) is 16.0 Å². The van der Waals surface area contributed by atoms with Crippen LogP contribution in [0.5, 0.6) is 0 Å². The van der Waals surface area contributed by atoms with Crippen LogP contribution in [0.3, 0.4) is 0 Å².